The number of primary amides is 1. The highest BCUT2D eigenvalue weighted by Crippen LogP contribution is 1.99. The van der Waals surface area contributed by atoms with E-state index in [2.05, 4.69) is 0 Å². The molecule has 0 atom stereocenters. The van der Waals surface area contributed by atoms with Gasteiger partial charge in [-0.05, 0) is 12.8 Å². The maximum Gasteiger partial charge on any atom is 0.333 e. The lowest BCUT2D eigenvalue weighted by Crippen LogP contribution is -2.14. The second kappa shape index (κ2) is 5.35. The smallest absolute Gasteiger partial charge is 0.333 e. The van der Waals surface area contributed by atoms with Crippen LogP contribution in [0.4, 0.5) is 0 Å². The summed E-state index contributed by atoms with van der Waals surface area (Å²) >= 11 is 0. The molecule has 74 valence electrons. The first kappa shape index (κ1) is 11.7. The van der Waals surface area contributed by atoms with Crippen LogP contribution in [0.25, 0.3) is 0 Å². The molecule has 4 nitrogen and oxygen atoms in total. The molecule has 0 bridgehead atoms. The summed E-state index contributed by atoms with van der Waals surface area (Å²) in [6.07, 6.45) is 1.06. The Morgan fingerprint density at radius 2 is 2.00 bits per heavy atom. The minimum atomic E-state index is -0.640. The minimum Gasteiger partial charge on any atom is -0.462 e. The quantitative estimate of drug-likeness (QED) is 0.515. The van der Waals surface area contributed by atoms with E-state index in [0.717, 1.165) is 6.08 Å². The molecular weight excluding hydrogens is 170 g/mol. The van der Waals surface area contributed by atoms with Crippen molar-refractivity contribution >= 4 is 11.9 Å². The molecule has 2 N–H and O–H groups in total. The first-order chi connectivity index (χ1) is 5.93. The molecule has 0 aliphatic heterocycles. The molecule has 0 aromatic heterocycles. The van der Waals surface area contributed by atoms with Gasteiger partial charge in [-0.15, -0.1) is 0 Å². The van der Waals surface area contributed by atoms with Crippen LogP contribution < -0.4 is 5.73 Å². The Morgan fingerprint density at radius 3 is 2.38 bits per heavy atom. The van der Waals surface area contributed by atoms with Crippen LogP contribution in [0.15, 0.2) is 11.6 Å². The fraction of sp³-hybridized carbons (Fsp3) is 0.556. The lowest BCUT2D eigenvalue weighted by molar-refractivity contribution is -0.140. The van der Waals surface area contributed by atoms with Crippen LogP contribution >= 0.6 is 0 Å². The largest absolute Gasteiger partial charge is 0.462 e. The average molecular weight is 185 g/mol. The van der Waals surface area contributed by atoms with Gasteiger partial charge in [0.2, 0.25) is 5.91 Å². The van der Waals surface area contributed by atoms with Crippen molar-refractivity contribution in [3.05, 3.63) is 11.6 Å². The van der Waals surface area contributed by atoms with Crippen molar-refractivity contribution in [1.82, 2.24) is 0 Å². The van der Waals surface area contributed by atoms with E-state index in [1.165, 1.54) is 6.92 Å². The van der Waals surface area contributed by atoms with Gasteiger partial charge in [-0.3, -0.25) is 4.79 Å². The van der Waals surface area contributed by atoms with Crippen LogP contribution in [-0.2, 0) is 14.3 Å². The molecule has 0 aromatic carbocycles. The third-order valence-corrected chi connectivity index (χ3v) is 1.23. The van der Waals surface area contributed by atoms with Crippen molar-refractivity contribution in [3.63, 3.8) is 0 Å². The second-order valence-electron chi connectivity index (χ2n) is 3.22. The molecule has 0 fully saturated rings. The standard InChI is InChI=1S/C9H15NO3/c1-6(2)5-13-9(12)7(3)4-8(10)11/h4,6H,5H2,1-3H3,(H2,10,11)/b7-4-. The van der Waals surface area contributed by atoms with E-state index < -0.39 is 11.9 Å². The third-order valence-electron chi connectivity index (χ3n) is 1.23. The Hall–Kier alpha value is -1.32. The lowest BCUT2D eigenvalue weighted by Gasteiger charge is -2.06. The zero-order valence-corrected chi connectivity index (χ0v) is 8.16. The molecule has 0 radical (unpaired) electrons. The first-order valence-electron chi connectivity index (χ1n) is 4.08. The molecule has 0 saturated carbocycles. The average Bonchev–Trinajstić information content (AvgIpc) is 1.98. The Balaban J connectivity index is 4.04. The van der Waals surface area contributed by atoms with Crippen molar-refractivity contribution in [2.75, 3.05) is 6.61 Å². The van der Waals surface area contributed by atoms with E-state index >= 15 is 0 Å². The molecule has 0 heterocycles. The first-order valence-corrected chi connectivity index (χ1v) is 4.08. The predicted octanol–water partition coefficient (Wildman–Crippen LogP) is 0.617. The zero-order valence-electron chi connectivity index (χ0n) is 8.16. The van der Waals surface area contributed by atoms with Crippen molar-refractivity contribution in [2.45, 2.75) is 20.8 Å². The van der Waals surface area contributed by atoms with Crippen molar-refractivity contribution in [2.24, 2.45) is 11.7 Å². The van der Waals surface area contributed by atoms with Gasteiger partial charge in [0.25, 0.3) is 0 Å². The molecule has 0 aliphatic carbocycles. The minimum absolute atomic E-state index is 0.230. The van der Waals surface area contributed by atoms with Gasteiger partial charge < -0.3 is 10.5 Å². The van der Waals surface area contributed by atoms with E-state index in [1.54, 1.807) is 0 Å². The van der Waals surface area contributed by atoms with Gasteiger partial charge in [0.05, 0.1) is 6.61 Å². The number of rotatable bonds is 4. The summed E-state index contributed by atoms with van der Waals surface area (Å²) in [5.74, 6) is -0.850. The van der Waals surface area contributed by atoms with Gasteiger partial charge in [0, 0.05) is 11.6 Å². The van der Waals surface area contributed by atoms with E-state index in [1.807, 2.05) is 13.8 Å². The lowest BCUT2D eigenvalue weighted by atomic mass is 10.2. The predicted molar refractivity (Wildman–Crippen MR) is 48.7 cm³/mol. The molecular formula is C9H15NO3. The number of nitrogens with two attached hydrogens (primary N) is 1. The Kier molecular flexibility index (Phi) is 4.80. The summed E-state index contributed by atoms with van der Waals surface area (Å²) in [5, 5.41) is 0. The van der Waals surface area contributed by atoms with Crippen LogP contribution in [0.3, 0.4) is 0 Å². The molecule has 4 heteroatoms. The van der Waals surface area contributed by atoms with Gasteiger partial charge in [0.15, 0.2) is 0 Å². The third kappa shape index (κ3) is 5.90. The van der Waals surface area contributed by atoms with Crippen molar-refractivity contribution in [1.29, 1.82) is 0 Å². The van der Waals surface area contributed by atoms with Crippen LogP contribution in [-0.4, -0.2) is 18.5 Å². The number of amides is 1. The summed E-state index contributed by atoms with van der Waals surface area (Å²) in [5.41, 5.74) is 5.09. The van der Waals surface area contributed by atoms with Crippen LogP contribution in [0.1, 0.15) is 20.8 Å². The summed E-state index contributed by atoms with van der Waals surface area (Å²) in [7, 11) is 0. The SMILES string of the molecule is C/C(=C/C(N)=O)C(=O)OCC(C)C. The number of ether oxygens (including phenoxy) is 1. The highest BCUT2D eigenvalue weighted by molar-refractivity contribution is 5.97. The van der Waals surface area contributed by atoms with Crippen LogP contribution in [0.5, 0.6) is 0 Å². The van der Waals surface area contributed by atoms with Gasteiger partial charge in [-0.25, -0.2) is 4.79 Å². The van der Waals surface area contributed by atoms with Crippen LogP contribution in [0.2, 0.25) is 0 Å². The summed E-state index contributed by atoms with van der Waals surface area (Å²) < 4.78 is 4.85. The van der Waals surface area contributed by atoms with E-state index in [-0.39, 0.29) is 11.5 Å². The van der Waals surface area contributed by atoms with E-state index in [4.69, 9.17) is 10.5 Å². The fourth-order valence-electron chi connectivity index (χ4n) is 0.629. The Bertz CT molecular complexity index is 231. The molecule has 0 rings (SSSR count). The fourth-order valence-corrected chi connectivity index (χ4v) is 0.629. The highest BCUT2D eigenvalue weighted by Gasteiger charge is 2.07. The van der Waals surface area contributed by atoms with Gasteiger partial charge in [-0.2, -0.15) is 0 Å². The molecule has 0 aromatic rings. The molecule has 0 saturated heterocycles. The van der Waals surface area contributed by atoms with Crippen molar-refractivity contribution < 1.29 is 14.3 Å². The molecule has 0 spiro atoms. The number of carbonyl (C=O) groups is 2. The van der Waals surface area contributed by atoms with Gasteiger partial charge >= 0.3 is 5.97 Å². The highest BCUT2D eigenvalue weighted by atomic mass is 16.5. The maximum atomic E-state index is 11.1. The Labute approximate surface area is 77.7 Å². The number of esters is 1. The molecule has 13 heavy (non-hydrogen) atoms. The number of hydrogen-bond acceptors (Lipinski definition) is 3. The summed E-state index contributed by atoms with van der Waals surface area (Å²) in [6.45, 7) is 5.71. The zero-order chi connectivity index (χ0) is 10.4. The topological polar surface area (TPSA) is 69.4 Å². The van der Waals surface area contributed by atoms with E-state index in [9.17, 15) is 9.59 Å². The Morgan fingerprint density at radius 1 is 1.46 bits per heavy atom. The molecule has 1 amide bonds. The summed E-state index contributed by atoms with van der Waals surface area (Å²) in [6, 6.07) is 0. The number of carbonyl (C=O) groups excluding carboxylic acids is 2. The van der Waals surface area contributed by atoms with Crippen LogP contribution in [0, 0.1) is 5.92 Å². The van der Waals surface area contributed by atoms with Gasteiger partial charge in [-0.1, -0.05) is 13.8 Å². The number of hydrogen-bond donors (Lipinski definition) is 1. The van der Waals surface area contributed by atoms with E-state index in [0.29, 0.717) is 6.61 Å². The summed E-state index contributed by atoms with van der Waals surface area (Å²) in [4.78, 5) is 21.5. The normalized spacial score (nSPS) is 11.5. The molecule has 0 unspecified atom stereocenters. The maximum absolute atomic E-state index is 11.1. The second-order valence-corrected chi connectivity index (χ2v) is 3.22. The monoisotopic (exact) mass is 185 g/mol. The molecule has 0 aliphatic rings. The van der Waals surface area contributed by atoms with Crippen molar-refractivity contribution in [3.8, 4) is 0 Å². The van der Waals surface area contributed by atoms with Gasteiger partial charge in [0.1, 0.15) is 0 Å².